The highest BCUT2D eigenvalue weighted by Gasteiger charge is 2.12. The maximum atomic E-state index is 12.0. The molecule has 21 heavy (non-hydrogen) atoms. The Bertz CT molecular complexity index is 726. The van der Waals surface area contributed by atoms with Crippen molar-refractivity contribution in [2.45, 2.75) is 6.54 Å². The number of amides is 1. The van der Waals surface area contributed by atoms with E-state index in [9.17, 15) is 4.79 Å². The van der Waals surface area contributed by atoms with Gasteiger partial charge in [-0.2, -0.15) is 0 Å². The zero-order valence-electron chi connectivity index (χ0n) is 11.1. The molecular weight excluding hydrogens is 268 g/mol. The monoisotopic (exact) mass is 280 g/mol. The quantitative estimate of drug-likeness (QED) is 0.791. The first-order chi connectivity index (χ1) is 10.3. The lowest BCUT2D eigenvalue weighted by Gasteiger charge is -2.07. The number of carbonyl (C=O) groups excluding carboxylic acids is 1. The summed E-state index contributed by atoms with van der Waals surface area (Å²) in [5.41, 5.74) is 1.76. The molecule has 0 saturated carbocycles. The summed E-state index contributed by atoms with van der Waals surface area (Å²) in [5, 5.41) is 2.79. The molecule has 1 N–H and O–H groups in total. The van der Waals surface area contributed by atoms with Gasteiger partial charge in [-0.25, -0.2) is 4.98 Å². The van der Waals surface area contributed by atoms with Crippen molar-refractivity contribution in [1.82, 2.24) is 20.3 Å². The van der Waals surface area contributed by atoms with Crippen molar-refractivity contribution >= 4 is 5.91 Å². The van der Waals surface area contributed by atoms with Gasteiger partial charge in [-0.3, -0.25) is 14.8 Å². The molecule has 3 aromatic heterocycles. The lowest BCUT2D eigenvalue weighted by atomic mass is 10.2. The molecule has 3 rings (SSSR count). The molecule has 0 fully saturated rings. The van der Waals surface area contributed by atoms with E-state index in [0.29, 0.717) is 22.7 Å². The highest BCUT2D eigenvalue weighted by Crippen LogP contribution is 2.19. The topological polar surface area (TPSA) is 80.9 Å². The van der Waals surface area contributed by atoms with Crippen molar-refractivity contribution in [3.05, 3.63) is 66.6 Å². The lowest BCUT2D eigenvalue weighted by molar-refractivity contribution is 0.0950. The minimum absolute atomic E-state index is 0.209. The molecule has 1 amide bonds. The van der Waals surface area contributed by atoms with Gasteiger partial charge in [0, 0.05) is 24.8 Å². The third-order valence-corrected chi connectivity index (χ3v) is 2.87. The van der Waals surface area contributed by atoms with Gasteiger partial charge in [0.15, 0.2) is 5.76 Å². The first-order valence-corrected chi connectivity index (χ1v) is 6.36. The Labute approximate surface area is 120 Å². The molecule has 0 atom stereocenters. The van der Waals surface area contributed by atoms with Gasteiger partial charge in [0.2, 0.25) is 0 Å². The predicted molar refractivity (Wildman–Crippen MR) is 75.1 cm³/mol. The molecule has 3 heterocycles. The number of hydrogen-bond acceptors (Lipinski definition) is 5. The van der Waals surface area contributed by atoms with Crippen LogP contribution in [0.4, 0.5) is 0 Å². The summed E-state index contributed by atoms with van der Waals surface area (Å²) < 4.78 is 5.33. The minimum atomic E-state index is -0.209. The summed E-state index contributed by atoms with van der Waals surface area (Å²) in [6.45, 7) is 0.262. The van der Waals surface area contributed by atoms with Crippen molar-refractivity contribution in [2.75, 3.05) is 0 Å². The summed E-state index contributed by atoms with van der Waals surface area (Å²) >= 11 is 0. The van der Waals surface area contributed by atoms with Gasteiger partial charge in [-0.05, 0) is 24.3 Å². The van der Waals surface area contributed by atoms with Crippen molar-refractivity contribution in [3.63, 3.8) is 0 Å². The van der Waals surface area contributed by atoms with E-state index in [1.54, 1.807) is 49.1 Å². The average molecular weight is 280 g/mol. The number of pyridine rings is 1. The fraction of sp³-hybridized carbons (Fsp3) is 0.0667. The van der Waals surface area contributed by atoms with Crippen molar-refractivity contribution in [1.29, 1.82) is 0 Å². The van der Waals surface area contributed by atoms with Crippen LogP contribution in [0.3, 0.4) is 0 Å². The number of furan rings is 1. The molecule has 0 radical (unpaired) electrons. The smallest absolute Gasteiger partial charge is 0.253 e. The van der Waals surface area contributed by atoms with E-state index in [0.717, 1.165) is 0 Å². The normalized spacial score (nSPS) is 10.3. The number of rotatable bonds is 4. The van der Waals surface area contributed by atoms with Gasteiger partial charge in [-0.1, -0.05) is 0 Å². The van der Waals surface area contributed by atoms with Gasteiger partial charge >= 0.3 is 0 Å². The van der Waals surface area contributed by atoms with Gasteiger partial charge in [0.1, 0.15) is 5.69 Å². The summed E-state index contributed by atoms with van der Waals surface area (Å²) in [7, 11) is 0. The van der Waals surface area contributed by atoms with E-state index < -0.39 is 0 Å². The largest absolute Gasteiger partial charge is 0.463 e. The molecule has 0 aliphatic rings. The summed E-state index contributed by atoms with van der Waals surface area (Å²) in [4.78, 5) is 24.4. The minimum Gasteiger partial charge on any atom is -0.463 e. The fourth-order valence-corrected chi connectivity index (χ4v) is 1.88. The summed E-state index contributed by atoms with van der Waals surface area (Å²) in [6, 6.07) is 7.00. The van der Waals surface area contributed by atoms with Crippen LogP contribution in [0.25, 0.3) is 11.5 Å². The Morgan fingerprint density at radius 2 is 2.05 bits per heavy atom. The van der Waals surface area contributed by atoms with E-state index in [4.69, 9.17) is 4.42 Å². The number of aromatic nitrogens is 3. The van der Waals surface area contributed by atoms with Gasteiger partial charge < -0.3 is 9.73 Å². The molecule has 0 spiro atoms. The molecule has 6 nitrogen and oxygen atoms in total. The molecule has 0 aromatic carbocycles. The van der Waals surface area contributed by atoms with Crippen molar-refractivity contribution < 1.29 is 9.21 Å². The van der Waals surface area contributed by atoms with Gasteiger partial charge in [0.25, 0.3) is 5.91 Å². The van der Waals surface area contributed by atoms with Crippen LogP contribution in [0.5, 0.6) is 0 Å². The Balaban J connectivity index is 1.76. The lowest BCUT2D eigenvalue weighted by Crippen LogP contribution is -2.23. The Morgan fingerprint density at radius 1 is 1.14 bits per heavy atom. The Kier molecular flexibility index (Phi) is 3.68. The molecule has 3 aromatic rings. The zero-order valence-corrected chi connectivity index (χ0v) is 11.1. The molecule has 0 aliphatic heterocycles. The van der Waals surface area contributed by atoms with Crippen LogP contribution < -0.4 is 5.32 Å². The number of nitrogens with one attached hydrogen (secondary N) is 1. The second-order valence-corrected chi connectivity index (χ2v) is 4.25. The first-order valence-electron chi connectivity index (χ1n) is 6.36. The molecule has 6 heteroatoms. The van der Waals surface area contributed by atoms with E-state index in [2.05, 4.69) is 20.3 Å². The van der Waals surface area contributed by atoms with E-state index in [1.807, 2.05) is 0 Å². The van der Waals surface area contributed by atoms with Crippen LogP contribution in [0.2, 0.25) is 0 Å². The first kappa shape index (κ1) is 13.0. The zero-order chi connectivity index (χ0) is 14.5. The number of nitrogens with zero attached hydrogens (tertiary/aromatic N) is 3. The molecular formula is C15H12N4O2. The maximum absolute atomic E-state index is 12.0. The van der Waals surface area contributed by atoms with Crippen LogP contribution in [0, 0.1) is 0 Å². The van der Waals surface area contributed by atoms with Gasteiger partial charge in [0.05, 0.1) is 24.1 Å². The fourth-order valence-electron chi connectivity index (χ4n) is 1.88. The van der Waals surface area contributed by atoms with Crippen LogP contribution in [-0.4, -0.2) is 20.9 Å². The van der Waals surface area contributed by atoms with Crippen molar-refractivity contribution in [3.8, 4) is 11.5 Å². The molecule has 0 bridgehead atoms. The van der Waals surface area contributed by atoms with Crippen LogP contribution >= 0.6 is 0 Å². The Hall–Kier alpha value is -3.02. The summed E-state index contributed by atoms with van der Waals surface area (Å²) in [5.74, 6) is 0.410. The highest BCUT2D eigenvalue weighted by molar-refractivity contribution is 5.93. The average Bonchev–Trinajstić information content (AvgIpc) is 3.08. The molecule has 0 aliphatic carbocycles. The maximum Gasteiger partial charge on any atom is 0.253 e. The van der Waals surface area contributed by atoms with Crippen LogP contribution in [0.15, 0.2) is 59.7 Å². The summed E-state index contributed by atoms with van der Waals surface area (Å²) in [6.07, 6.45) is 7.87. The number of carbonyl (C=O) groups is 1. The Morgan fingerprint density at radius 3 is 2.81 bits per heavy atom. The van der Waals surface area contributed by atoms with Crippen LogP contribution in [-0.2, 0) is 6.54 Å². The standard InChI is InChI=1S/C15H12N4O2/c20-15(11-3-1-5-16-9-11)19-10-12-14(18-7-6-17-12)13-4-2-8-21-13/h1-9H,10H2,(H,19,20). The third-order valence-electron chi connectivity index (χ3n) is 2.87. The second-order valence-electron chi connectivity index (χ2n) is 4.25. The van der Waals surface area contributed by atoms with E-state index in [1.165, 1.54) is 6.20 Å². The molecule has 0 unspecified atom stereocenters. The van der Waals surface area contributed by atoms with Crippen LogP contribution in [0.1, 0.15) is 16.1 Å². The predicted octanol–water partition coefficient (Wildman–Crippen LogP) is 2.06. The van der Waals surface area contributed by atoms with E-state index in [-0.39, 0.29) is 12.5 Å². The molecule has 104 valence electrons. The van der Waals surface area contributed by atoms with Gasteiger partial charge in [-0.15, -0.1) is 0 Å². The third kappa shape index (κ3) is 2.94. The number of hydrogen-bond donors (Lipinski definition) is 1. The SMILES string of the molecule is O=C(NCc1nccnc1-c1ccco1)c1cccnc1. The van der Waals surface area contributed by atoms with Crippen molar-refractivity contribution in [2.24, 2.45) is 0 Å². The van der Waals surface area contributed by atoms with E-state index >= 15 is 0 Å². The molecule has 0 saturated heterocycles. The highest BCUT2D eigenvalue weighted by atomic mass is 16.3. The second kappa shape index (κ2) is 5.96.